The Balaban J connectivity index is 3.54. The van der Waals surface area contributed by atoms with Gasteiger partial charge in [-0.25, -0.2) is 0 Å². The first-order valence-corrected chi connectivity index (χ1v) is 3.54. The molecule has 0 heterocycles. The Labute approximate surface area is 61.6 Å². The number of carbonyl (C=O) groups excluding carboxylic acids is 1. The molecule has 0 aliphatic heterocycles. The summed E-state index contributed by atoms with van der Waals surface area (Å²) in [5.41, 5.74) is 0. The molecule has 2 heteroatoms. The zero-order valence-electron chi connectivity index (χ0n) is 6.50. The molecule has 0 amide bonds. The fourth-order valence-electron chi connectivity index (χ4n) is 0.608. The summed E-state index contributed by atoms with van der Waals surface area (Å²) in [5, 5.41) is 8.77. The highest BCUT2D eigenvalue weighted by molar-refractivity contribution is 5.89. The maximum atomic E-state index is 10.8. The second kappa shape index (κ2) is 5.18. The van der Waals surface area contributed by atoms with Gasteiger partial charge in [0.15, 0.2) is 5.78 Å². The minimum absolute atomic E-state index is 0.00292. The van der Waals surface area contributed by atoms with E-state index in [1.165, 1.54) is 6.08 Å². The van der Waals surface area contributed by atoms with E-state index in [0.29, 0.717) is 0 Å². The molecular formula is C8H14O2. The first kappa shape index (κ1) is 9.37. The summed E-state index contributed by atoms with van der Waals surface area (Å²) in [4.78, 5) is 10.8. The summed E-state index contributed by atoms with van der Waals surface area (Å²) in [5.74, 6) is -0.00292. The average Bonchev–Trinajstić information content (AvgIpc) is 1.82. The highest BCUT2D eigenvalue weighted by atomic mass is 16.3. The van der Waals surface area contributed by atoms with Crippen LogP contribution in [0.3, 0.4) is 0 Å². The van der Waals surface area contributed by atoms with Gasteiger partial charge in [-0.15, -0.1) is 0 Å². The Morgan fingerprint density at radius 2 is 2.30 bits per heavy atom. The van der Waals surface area contributed by atoms with Gasteiger partial charge in [-0.1, -0.05) is 13.0 Å². The molecule has 0 rings (SSSR count). The third kappa shape index (κ3) is 5.51. The van der Waals surface area contributed by atoms with Crippen LogP contribution >= 0.6 is 0 Å². The van der Waals surface area contributed by atoms with Crippen LogP contribution in [0.15, 0.2) is 12.2 Å². The molecule has 0 aromatic heterocycles. The van der Waals surface area contributed by atoms with Crippen LogP contribution in [0.5, 0.6) is 0 Å². The molecule has 0 bridgehead atoms. The van der Waals surface area contributed by atoms with Gasteiger partial charge in [-0.05, 0) is 19.4 Å². The largest absolute Gasteiger partial charge is 0.393 e. The summed E-state index contributed by atoms with van der Waals surface area (Å²) >= 11 is 0. The number of ketones is 1. The van der Waals surface area contributed by atoms with E-state index in [4.69, 9.17) is 5.11 Å². The summed E-state index contributed by atoms with van der Waals surface area (Å²) in [7, 11) is 0. The van der Waals surface area contributed by atoms with Crippen molar-refractivity contribution in [2.24, 2.45) is 0 Å². The summed E-state index contributed by atoms with van der Waals surface area (Å²) in [6.45, 7) is 3.57. The van der Waals surface area contributed by atoms with Crippen LogP contribution in [-0.4, -0.2) is 17.0 Å². The number of hydrogen-bond donors (Lipinski definition) is 1. The molecule has 58 valence electrons. The van der Waals surface area contributed by atoms with Crippen molar-refractivity contribution in [3.05, 3.63) is 12.2 Å². The van der Waals surface area contributed by atoms with Gasteiger partial charge < -0.3 is 5.11 Å². The van der Waals surface area contributed by atoms with Gasteiger partial charge in [-0.2, -0.15) is 0 Å². The molecule has 0 fully saturated rings. The molecule has 1 N–H and O–H groups in total. The van der Waals surface area contributed by atoms with Crippen LogP contribution in [0.1, 0.15) is 26.7 Å². The van der Waals surface area contributed by atoms with Gasteiger partial charge in [0, 0.05) is 6.42 Å². The topological polar surface area (TPSA) is 37.3 Å². The standard InChI is InChI=1S/C8H14O2/c1-3-4-5-8(10)6-7(2)9/h4-5,7,9H,3,6H2,1-2H3/b5-4+/t7-/m0/s1. The Morgan fingerprint density at radius 3 is 2.70 bits per heavy atom. The zero-order chi connectivity index (χ0) is 7.98. The van der Waals surface area contributed by atoms with E-state index in [1.54, 1.807) is 13.0 Å². The van der Waals surface area contributed by atoms with Crippen molar-refractivity contribution >= 4 is 5.78 Å². The lowest BCUT2D eigenvalue weighted by Gasteiger charge is -1.97. The highest BCUT2D eigenvalue weighted by Gasteiger charge is 2.00. The third-order valence-corrected chi connectivity index (χ3v) is 1.04. The number of carbonyl (C=O) groups is 1. The number of aliphatic hydroxyl groups excluding tert-OH is 1. The Bertz CT molecular complexity index is 125. The van der Waals surface area contributed by atoms with E-state index in [1.807, 2.05) is 6.92 Å². The van der Waals surface area contributed by atoms with E-state index in [-0.39, 0.29) is 12.2 Å². The molecule has 1 atom stereocenters. The smallest absolute Gasteiger partial charge is 0.157 e. The molecule has 0 aliphatic rings. The molecule has 0 radical (unpaired) electrons. The Kier molecular flexibility index (Phi) is 4.85. The van der Waals surface area contributed by atoms with Crippen LogP contribution in [0.4, 0.5) is 0 Å². The molecule has 2 nitrogen and oxygen atoms in total. The molecule has 0 unspecified atom stereocenters. The third-order valence-electron chi connectivity index (χ3n) is 1.04. The summed E-state index contributed by atoms with van der Waals surface area (Å²) in [6.07, 6.45) is 3.90. The number of allylic oxidation sites excluding steroid dienone is 2. The lowest BCUT2D eigenvalue weighted by atomic mass is 10.2. The second-order valence-electron chi connectivity index (χ2n) is 2.33. The fourth-order valence-corrected chi connectivity index (χ4v) is 0.608. The first-order valence-electron chi connectivity index (χ1n) is 3.54. The van der Waals surface area contributed by atoms with Gasteiger partial charge in [0.2, 0.25) is 0 Å². The highest BCUT2D eigenvalue weighted by Crippen LogP contribution is 1.92. The van der Waals surface area contributed by atoms with Crippen molar-refractivity contribution in [2.45, 2.75) is 32.8 Å². The van der Waals surface area contributed by atoms with E-state index >= 15 is 0 Å². The van der Waals surface area contributed by atoms with E-state index in [2.05, 4.69) is 0 Å². The van der Waals surface area contributed by atoms with Crippen LogP contribution in [0, 0.1) is 0 Å². The van der Waals surface area contributed by atoms with E-state index in [9.17, 15) is 4.79 Å². The monoisotopic (exact) mass is 142 g/mol. The van der Waals surface area contributed by atoms with Crippen molar-refractivity contribution in [3.63, 3.8) is 0 Å². The molecule has 0 aromatic carbocycles. The Hall–Kier alpha value is -0.630. The second-order valence-corrected chi connectivity index (χ2v) is 2.33. The zero-order valence-corrected chi connectivity index (χ0v) is 6.50. The summed E-state index contributed by atoms with van der Waals surface area (Å²) in [6, 6.07) is 0. The van der Waals surface area contributed by atoms with Crippen LogP contribution in [-0.2, 0) is 4.79 Å². The molecule has 0 aliphatic carbocycles. The van der Waals surface area contributed by atoms with Gasteiger partial charge in [-0.3, -0.25) is 4.79 Å². The van der Waals surface area contributed by atoms with Crippen molar-refractivity contribution in [3.8, 4) is 0 Å². The number of rotatable bonds is 4. The van der Waals surface area contributed by atoms with Crippen molar-refractivity contribution in [2.75, 3.05) is 0 Å². The first-order chi connectivity index (χ1) is 4.66. The van der Waals surface area contributed by atoms with Crippen molar-refractivity contribution in [1.29, 1.82) is 0 Å². The summed E-state index contributed by atoms with van der Waals surface area (Å²) < 4.78 is 0. The molecule has 10 heavy (non-hydrogen) atoms. The van der Waals surface area contributed by atoms with Crippen molar-refractivity contribution < 1.29 is 9.90 Å². The average molecular weight is 142 g/mol. The quantitative estimate of drug-likeness (QED) is 0.600. The lowest BCUT2D eigenvalue weighted by Crippen LogP contribution is -2.06. The Morgan fingerprint density at radius 1 is 1.70 bits per heavy atom. The normalized spacial score (nSPS) is 13.9. The number of aliphatic hydroxyl groups is 1. The predicted octanol–water partition coefficient (Wildman–Crippen LogP) is 1.29. The van der Waals surface area contributed by atoms with Crippen molar-refractivity contribution in [1.82, 2.24) is 0 Å². The number of hydrogen-bond acceptors (Lipinski definition) is 2. The molecule has 0 aromatic rings. The van der Waals surface area contributed by atoms with Crippen LogP contribution in [0.25, 0.3) is 0 Å². The SMILES string of the molecule is CC/C=C/C(=O)C[C@H](C)O. The molecule has 0 spiro atoms. The van der Waals surface area contributed by atoms with Gasteiger partial charge in [0.25, 0.3) is 0 Å². The molecule has 0 saturated carbocycles. The van der Waals surface area contributed by atoms with E-state index < -0.39 is 6.10 Å². The van der Waals surface area contributed by atoms with E-state index in [0.717, 1.165) is 6.42 Å². The fraction of sp³-hybridized carbons (Fsp3) is 0.625. The maximum absolute atomic E-state index is 10.8. The molecule has 0 saturated heterocycles. The predicted molar refractivity (Wildman–Crippen MR) is 40.7 cm³/mol. The van der Waals surface area contributed by atoms with Gasteiger partial charge in [0.1, 0.15) is 0 Å². The minimum Gasteiger partial charge on any atom is -0.393 e. The van der Waals surface area contributed by atoms with Crippen LogP contribution in [0.2, 0.25) is 0 Å². The lowest BCUT2D eigenvalue weighted by molar-refractivity contribution is -0.116. The van der Waals surface area contributed by atoms with Gasteiger partial charge in [0.05, 0.1) is 6.10 Å². The van der Waals surface area contributed by atoms with Crippen LogP contribution < -0.4 is 0 Å². The van der Waals surface area contributed by atoms with Gasteiger partial charge >= 0.3 is 0 Å². The molecular weight excluding hydrogens is 128 g/mol. The maximum Gasteiger partial charge on any atom is 0.157 e. The minimum atomic E-state index is -0.519.